The molecule has 0 saturated carbocycles. The maximum Gasteiger partial charge on any atom is 0.509 e. The normalized spacial score (nSPS) is 42.0. The Morgan fingerprint density at radius 1 is 0.955 bits per heavy atom. The summed E-state index contributed by atoms with van der Waals surface area (Å²) in [4.78, 5) is 44.4. The molecular weight excluding hydrogens is 857 g/mol. The van der Waals surface area contributed by atoms with E-state index in [1.165, 1.54) is 6.92 Å². The van der Waals surface area contributed by atoms with Crippen molar-refractivity contribution >= 4 is 18.1 Å². The first-order valence-corrected chi connectivity index (χ1v) is 24.3. The summed E-state index contributed by atoms with van der Waals surface area (Å²) in [7, 11) is 7.39. The molecule has 382 valence electrons. The SMILES string of the molecule is C=CCOCCCCCO[C@H]1[C@H](C)O[C@@H](O[C@H]2[C@H](C)[C@@H](O[C@@H]3O[C@H](C)C[C@H](N(C)C)[C@H]3OC(C)=O)[C@](C)(O)C[C@@H](C)CN(C)[C@H](C)[C@H]3OC(=O)O[C@]3(C)[C@@H](CC)OC(=O)[C@@H]2C)C[C@@]1(C)OC. The Morgan fingerprint density at radius 3 is 2.26 bits per heavy atom. The smallest absolute Gasteiger partial charge is 0.458 e. The van der Waals surface area contributed by atoms with Crippen LogP contribution in [0.1, 0.15) is 121 Å². The zero-order valence-corrected chi connectivity index (χ0v) is 42.8. The Kier molecular flexibility index (Phi) is 20.8. The van der Waals surface area contributed by atoms with Gasteiger partial charge in [-0.2, -0.15) is 0 Å². The fourth-order valence-corrected chi connectivity index (χ4v) is 10.8. The quantitative estimate of drug-likeness (QED) is 0.0770. The van der Waals surface area contributed by atoms with E-state index in [9.17, 15) is 19.5 Å². The Labute approximate surface area is 395 Å². The highest BCUT2D eigenvalue weighted by Crippen LogP contribution is 2.42. The molecule has 4 saturated heterocycles. The lowest BCUT2D eigenvalue weighted by Crippen LogP contribution is -2.61. The van der Waals surface area contributed by atoms with Crippen LogP contribution in [0.15, 0.2) is 12.7 Å². The van der Waals surface area contributed by atoms with Gasteiger partial charge in [0.2, 0.25) is 0 Å². The van der Waals surface area contributed by atoms with Crippen LogP contribution in [-0.2, 0) is 61.7 Å². The van der Waals surface area contributed by atoms with Crippen molar-refractivity contribution in [2.45, 2.75) is 211 Å². The van der Waals surface area contributed by atoms with Gasteiger partial charge in [0.1, 0.15) is 12.2 Å². The number of carbonyl (C=O) groups is 3. The predicted octanol–water partition coefficient (Wildman–Crippen LogP) is 6.05. The fourth-order valence-electron chi connectivity index (χ4n) is 10.8. The van der Waals surface area contributed by atoms with Crippen molar-refractivity contribution < 1.29 is 71.6 Å². The molecule has 0 aromatic heterocycles. The number of unbranched alkanes of at least 4 members (excludes halogenated alkanes) is 2. The number of esters is 2. The average molecular weight is 943 g/mol. The second kappa shape index (κ2) is 24.4. The first kappa shape index (κ1) is 56.1. The first-order valence-electron chi connectivity index (χ1n) is 24.3. The number of methoxy groups -OCH3 is 1. The molecule has 0 radical (unpaired) electrons. The number of nitrogens with zero attached hydrogens (tertiary/aromatic N) is 2. The van der Waals surface area contributed by atoms with Crippen molar-refractivity contribution in [3.8, 4) is 0 Å². The Morgan fingerprint density at radius 2 is 1.64 bits per heavy atom. The van der Waals surface area contributed by atoms with Crippen LogP contribution in [-0.4, -0.2) is 178 Å². The van der Waals surface area contributed by atoms with Gasteiger partial charge in [0.05, 0.1) is 54.2 Å². The van der Waals surface area contributed by atoms with E-state index in [0.717, 1.165) is 19.3 Å². The van der Waals surface area contributed by atoms with E-state index in [0.29, 0.717) is 39.2 Å². The minimum atomic E-state index is -1.59. The number of aliphatic hydroxyl groups is 1. The third-order valence-corrected chi connectivity index (χ3v) is 14.4. The average Bonchev–Trinajstić information content (AvgIpc) is 3.55. The van der Waals surface area contributed by atoms with E-state index < -0.39 is 102 Å². The van der Waals surface area contributed by atoms with Crippen LogP contribution >= 0.6 is 0 Å². The zero-order chi connectivity index (χ0) is 49.3. The molecule has 0 spiro atoms. The van der Waals surface area contributed by atoms with E-state index in [4.69, 9.17) is 52.1 Å². The number of rotatable bonds is 17. The Bertz CT molecular complexity index is 1570. The molecule has 0 aromatic carbocycles. The van der Waals surface area contributed by atoms with E-state index in [1.54, 1.807) is 34.0 Å². The summed E-state index contributed by atoms with van der Waals surface area (Å²) in [5.41, 5.74) is -3.76. The number of hydrogen-bond acceptors (Lipinski definition) is 17. The number of carbonyl (C=O) groups excluding carboxylic acids is 3. The molecule has 0 aliphatic carbocycles. The van der Waals surface area contributed by atoms with Crippen LogP contribution in [0.25, 0.3) is 0 Å². The summed E-state index contributed by atoms with van der Waals surface area (Å²) in [6, 6.07) is -0.634. The number of fused-ring (bicyclic) bond motifs is 1. The highest BCUT2D eigenvalue weighted by Gasteiger charge is 2.58. The standard InChI is InChI=1S/C49H86N2O15/c1-17-22-57-23-20-19-21-24-58-43-34(8)60-38(27-48(43,11)56-16)63-39-31(5)41(64-45-40(61-35(9)52)36(50(13)14)25-30(4)59-45)47(10,55)26-29(3)28-51(15)33(7)42-49(12,66-46(54)65-42)37(18-2)62-44(53)32(39)6/h17,29-34,36-43,45,55H,1,18-28H2,2-16H3/t29-,30-,31+,32-,33-,34+,36+,37-,38+,39+,40-,41-,42-,43+,45+,47-,48-,49-/m1/s1. The van der Waals surface area contributed by atoms with Gasteiger partial charge in [-0.1, -0.05) is 26.8 Å². The topological polar surface area (TPSA) is 179 Å². The van der Waals surface area contributed by atoms with E-state index in [-0.39, 0.29) is 36.9 Å². The highest BCUT2D eigenvalue weighted by atomic mass is 16.8. The largest absolute Gasteiger partial charge is 0.509 e. The summed E-state index contributed by atoms with van der Waals surface area (Å²) in [6.45, 7) is 25.9. The molecule has 4 aliphatic heterocycles. The molecule has 0 amide bonds. The summed E-state index contributed by atoms with van der Waals surface area (Å²) in [6.07, 6.45) is -2.88. The molecule has 0 bridgehead atoms. The molecule has 1 N–H and O–H groups in total. The van der Waals surface area contributed by atoms with Gasteiger partial charge in [-0.3, -0.25) is 14.5 Å². The van der Waals surface area contributed by atoms with Gasteiger partial charge >= 0.3 is 18.1 Å². The molecule has 17 heteroatoms. The molecule has 17 nitrogen and oxygen atoms in total. The molecule has 66 heavy (non-hydrogen) atoms. The third kappa shape index (κ3) is 13.9. The molecule has 4 rings (SSSR count). The van der Waals surface area contributed by atoms with Gasteiger partial charge in [0.15, 0.2) is 30.4 Å². The molecule has 4 heterocycles. The zero-order valence-electron chi connectivity index (χ0n) is 42.8. The van der Waals surface area contributed by atoms with Gasteiger partial charge in [-0.15, -0.1) is 6.58 Å². The van der Waals surface area contributed by atoms with Crippen molar-refractivity contribution in [1.29, 1.82) is 0 Å². The van der Waals surface area contributed by atoms with Crippen molar-refractivity contribution in [2.75, 3.05) is 54.6 Å². The summed E-state index contributed by atoms with van der Waals surface area (Å²) < 4.78 is 69.4. The second-order valence-electron chi connectivity index (χ2n) is 20.4. The lowest BCUT2D eigenvalue weighted by atomic mass is 9.77. The van der Waals surface area contributed by atoms with Gasteiger partial charge in [0, 0.05) is 52.2 Å². The molecule has 0 unspecified atom stereocenters. The third-order valence-electron chi connectivity index (χ3n) is 14.4. The minimum Gasteiger partial charge on any atom is -0.458 e. The van der Waals surface area contributed by atoms with E-state index in [1.807, 2.05) is 74.5 Å². The summed E-state index contributed by atoms with van der Waals surface area (Å²) >= 11 is 0. The van der Waals surface area contributed by atoms with Crippen LogP contribution in [0.4, 0.5) is 4.79 Å². The van der Waals surface area contributed by atoms with Crippen molar-refractivity contribution in [3.05, 3.63) is 12.7 Å². The van der Waals surface area contributed by atoms with Gasteiger partial charge in [0.25, 0.3) is 0 Å². The Hall–Kier alpha value is -2.45. The van der Waals surface area contributed by atoms with E-state index >= 15 is 0 Å². The second-order valence-corrected chi connectivity index (χ2v) is 20.4. The summed E-state index contributed by atoms with van der Waals surface area (Å²) in [5.74, 6) is -3.02. The van der Waals surface area contributed by atoms with Crippen LogP contribution in [0.5, 0.6) is 0 Å². The Balaban J connectivity index is 1.77. The number of cyclic esters (lactones) is 1. The summed E-state index contributed by atoms with van der Waals surface area (Å²) in [5, 5.41) is 12.9. The van der Waals surface area contributed by atoms with Gasteiger partial charge in [-0.25, -0.2) is 4.79 Å². The number of likely N-dealkylation sites (N-methyl/N-ethyl adjacent to an activating group) is 2. The lowest BCUT2D eigenvalue weighted by Gasteiger charge is -2.49. The molecule has 4 fully saturated rings. The first-order chi connectivity index (χ1) is 30.9. The number of ether oxygens (including phenoxy) is 11. The number of hydrogen-bond donors (Lipinski definition) is 1. The van der Waals surface area contributed by atoms with E-state index in [2.05, 4.69) is 11.5 Å². The molecule has 0 aromatic rings. The van der Waals surface area contributed by atoms with Crippen LogP contribution in [0.2, 0.25) is 0 Å². The van der Waals surface area contributed by atoms with Gasteiger partial charge < -0.3 is 62.1 Å². The highest BCUT2D eigenvalue weighted by molar-refractivity contribution is 5.73. The van der Waals surface area contributed by atoms with Crippen molar-refractivity contribution in [2.24, 2.45) is 17.8 Å². The fraction of sp³-hybridized carbons (Fsp3) is 0.898. The lowest BCUT2D eigenvalue weighted by molar-refractivity contribution is -0.321. The predicted molar refractivity (Wildman–Crippen MR) is 245 cm³/mol. The van der Waals surface area contributed by atoms with Crippen molar-refractivity contribution in [1.82, 2.24) is 9.80 Å². The van der Waals surface area contributed by atoms with Crippen LogP contribution < -0.4 is 0 Å². The maximum absolute atomic E-state index is 14.8. The van der Waals surface area contributed by atoms with Crippen LogP contribution in [0, 0.1) is 17.8 Å². The van der Waals surface area contributed by atoms with Crippen LogP contribution in [0.3, 0.4) is 0 Å². The molecule has 18 atom stereocenters. The maximum atomic E-state index is 14.8. The minimum absolute atomic E-state index is 0.144. The van der Waals surface area contributed by atoms with Crippen molar-refractivity contribution in [3.63, 3.8) is 0 Å². The van der Waals surface area contributed by atoms with Gasteiger partial charge in [-0.05, 0) is 114 Å². The molecular formula is C49H86N2O15. The molecule has 4 aliphatic rings. The monoisotopic (exact) mass is 943 g/mol.